The van der Waals surface area contributed by atoms with Crippen LogP contribution in [0, 0.1) is 0 Å². The molecular formula is C8H12ClN3OS. The molecule has 1 aliphatic heterocycles. The number of rotatable bonds is 2. The molecule has 0 spiro atoms. The maximum atomic E-state index is 9.46. The highest BCUT2D eigenvalue weighted by Gasteiger charge is 2.18. The van der Waals surface area contributed by atoms with Gasteiger partial charge in [-0.15, -0.1) is 10.2 Å². The second-order valence-electron chi connectivity index (χ2n) is 3.48. The van der Waals surface area contributed by atoms with Gasteiger partial charge in [-0.25, -0.2) is 0 Å². The second kappa shape index (κ2) is 4.53. The van der Waals surface area contributed by atoms with E-state index in [9.17, 15) is 5.11 Å². The third-order valence-electron chi connectivity index (χ3n) is 2.28. The van der Waals surface area contributed by atoms with Crippen LogP contribution in [0.3, 0.4) is 0 Å². The van der Waals surface area contributed by atoms with Crippen molar-refractivity contribution in [2.24, 2.45) is 0 Å². The summed E-state index contributed by atoms with van der Waals surface area (Å²) in [6.45, 7) is 2.51. The summed E-state index contributed by atoms with van der Waals surface area (Å²) in [5.74, 6) is 0. The number of hydrogen-bond donors (Lipinski definition) is 1. The molecule has 1 atom stereocenters. The number of nitrogens with zero attached hydrogens (tertiary/aromatic N) is 3. The van der Waals surface area contributed by atoms with Crippen molar-refractivity contribution in [1.29, 1.82) is 0 Å². The zero-order valence-electron chi connectivity index (χ0n) is 7.69. The summed E-state index contributed by atoms with van der Waals surface area (Å²) in [6.07, 6.45) is 1.77. The van der Waals surface area contributed by atoms with E-state index in [1.54, 1.807) is 0 Å². The summed E-state index contributed by atoms with van der Waals surface area (Å²) < 4.78 is 0.484. The molecule has 4 nitrogen and oxygen atoms in total. The van der Waals surface area contributed by atoms with Crippen molar-refractivity contribution < 1.29 is 5.11 Å². The molecule has 1 aromatic heterocycles. The number of aliphatic hydroxyl groups excluding tert-OH is 1. The van der Waals surface area contributed by atoms with Crippen LogP contribution in [-0.2, 0) is 6.54 Å². The van der Waals surface area contributed by atoms with Crippen molar-refractivity contribution in [3.8, 4) is 0 Å². The van der Waals surface area contributed by atoms with E-state index in [0.29, 0.717) is 4.47 Å². The zero-order chi connectivity index (χ0) is 9.97. The maximum absolute atomic E-state index is 9.46. The third kappa shape index (κ3) is 2.63. The van der Waals surface area contributed by atoms with Crippen LogP contribution in [-0.4, -0.2) is 39.4 Å². The summed E-state index contributed by atoms with van der Waals surface area (Å²) in [5.41, 5.74) is 0. The minimum atomic E-state index is -0.188. The third-order valence-corrected chi connectivity index (χ3v) is 3.29. The van der Waals surface area contributed by atoms with E-state index in [1.807, 2.05) is 0 Å². The van der Waals surface area contributed by atoms with Gasteiger partial charge in [-0.1, -0.05) is 11.3 Å². The van der Waals surface area contributed by atoms with Gasteiger partial charge in [0.05, 0.1) is 12.6 Å². The number of halogens is 1. The Labute approximate surface area is 91.5 Å². The molecule has 1 aromatic rings. The number of aromatic nitrogens is 2. The van der Waals surface area contributed by atoms with Gasteiger partial charge in [0, 0.05) is 6.54 Å². The molecule has 78 valence electrons. The summed E-state index contributed by atoms with van der Waals surface area (Å²) in [7, 11) is 0. The smallest absolute Gasteiger partial charge is 0.207 e. The number of hydrogen-bond acceptors (Lipinski definition) is 5. The number of β-amino-alcohol motifs (C(OH)–C–C–N with tert-alkyl or cyclic N) is 1. The predicted molar refractivity (Wildman–Crippen MR) is 55.4 cm³/mol. The molecule has 0 aliphatic carbocycles. The Morgan fingerprint density at radius 1 is 1.57 bits per heavy atom. The van der Waals surface area contributed by atoms with Crippen LogP contribution >= 0.6 is 22.9 Å². The van der Waals surface area contributed by atoms with Crippen molar-refractivity contribution >= 4 is 22.9 Å². The standard InChI is InChI=1S/C8H12ClN3OS/c9-8-11-10-7(14-8)5-12-3-1-2-6(13)4-12/h6,13H,1-5H2/t6-/m0/s1. The van der Waals surface area contributed by atoms with Gasteiger partial charge in [0.2, 0.25) is 4.47 Å². The molecule has 1 N–H and O–H groups in total. The highest BCUT2D eigenvalue weighted by atomic mass is 35.5. The first-order valence-corrected chi connectivity index (χ1v) is 5.82. The molecule has 14 heavy (non-hydrogen) atoms. The fourth-order valence-corrected chi connectivity index (χ4v) is 2.57. The van der Waals surface area contributed by atoms with Crippen LogP contribution in [0.4, 0.5) is 0 Å². The Morgan fingerprint density at radius 3 is 3.07 bits per heavy atom. The van der Waals surface area contributed by atoms with Crippen molar-refractivity contribution in [1.82, 2.24) is 15.1 Å². The minimum Gasteiger partial charge on any atom is -0.392 e. The normalized spacial score (nSPS) is 24.0. The fourth-order valence-electron chi connectivity index (χ4n) is 1.66. The Bertz CT molecular complexity index is 307. The van der Waals surface area contributed by atoms with E-state index in [4.69, 9.17) is 11.6 Å². The quantitative estimate of drug-likeness (QED) is 0.833. The lowest BCUT2D eigenvalue weighted by Crippen LogP contribution is -2.37. The summed E-state index contributed by atoms with van der Waals surface area (Å²) in [5, 5.41) is 18.1. The number of likely N-dealkylation sites (tertiary alicyclic amines) is 1. The molecular weight excluding hydrogens is 222 g/mol. The van der Waals surface area contributed by atoms with E-state index in [-0.39, 0.29) is 6.10 Å². The van der Waals surface area contributed by atoms with E-state index in [0.717, 1.165) is 37.5 Å². The number of piperidine rings is 1. The molecule has 2 rings (SSSR count). The van der Waals surface area contributed by atoms with Gasteiger partial charge in [-0.2, -0.15) is 0 Å². The first kappa shape index (κ1) is 10.3. The molecule has 2 heterocycles. The van der Waals surface area contributed by atoms with Gasteiger partial charge in [0.1, 0.15) is 5.01 Å². The van der Waals surface area contributed by atoms with Crippen molar-refractivity contribution in [2.45, 2.75) is 25.5 Å². The first-order valence-electron chi connectivity index (χ1n) is 4.62. The Hall–Kier alpha value is -0.230. The molecule has 0 aromatic carbocycles. The molecule has 0 unspecified atom stereocenters. The van der Waals surface area contributed by atoms with Crippen LogP contribution in [0.1, 0.15) is 17.8 Å². The average molecular weight is 234 g/mol. The molecule has 0 radical (unpaired) electrons. The van der Waals surface area contributed by atoms with Gasteiger partial charge >= 0.3 is 0 Å². The first-order chi connectivity index (χ1) is 6.74. The monoisotopic (exact) mass is 233 g/mol. The number of aliphatic hydroxyl groups is 1. The van der Waals surface area contributed by atoms with Crippen LogP contribution in [0.2, 0.25) is 4.47 Å². The predicted octanol–water partition coefficient (Wildman–Crippen LogP) is 1.15. The Kier molecular flexibility index (Phi) is 3.33. The molecule has 6 heteroatoms. The van der Waals surface area contributed by atoms with Gasteiger partial charge in [0.25, 0.3) is 0 Å². The lowest BCUT2D eigenvalue weighted by Gasteiger charge is -2.28. The van der Waals surface area contributed by atoms with Gasteiger partial charge in [-0.3, -0.25) is 4.90 Å². The topological polar surface area (TPSA) is 49.2 Å². The average Bonchev–Trinajstić information content (AvgIpc) is 2.51. The molecule has 1 fully saturated rings. The lowest BCUT2D eigenvalue weighted by atomic mass is 10.1. The van der Waals surface area contributed by atoms with Crippen molar-refractivity contribution in [3.63, 3.8) is 0 Å². The fraction of sp³-hybridized carbons (Fsp3) is 0.750. The second-order valence-corrected chi connectivity index (χ2v) is 5.12. The Balaban J connectivity index is 1.90. The van der Waals surface area contributed by atoms with E-state index < -0.39 is 0 Å². The molecule has 0 saturated carbocycles. The highest BCUT2D eigenvalue weighted by molar-refractivity contribution is 7.15. The lowest BCUT2D eigenvalue weighted by molar-refractivity contribution is 0.0667. The largest absolute Gasteiger partial charge is 0.392 e. The molecule has 1 saturated heterocycles. The maximum Gasteiger partial charge on any atom is 0.207 e. The molecule has 0 bridgehead atoms. The van der Waals surface area contributed by atoms with Crippen molar-refractivity contribution in [3.05, 3.63) is 9.47 Å². The SMILES string of the molecule is O[C@H]1CCCN(Cc2nnc(Cl)s2)C1. The van der Waals surface area contributed by atoms with E-state index in [2.05, 4.69) is 15.1 Å². The van der Waals surface area contributed by atoms with Gasteiger partial charge in [0.15, 0.2) is 0 Å². The highest BCUT2D eigenvalue weighted by Crippen LogP contribution is 2.18. The van der Waals surface area contributed by atoms with Crippen LogP contribution < -0.4 is 0 Å². The minimum absolute atomic E-state index is 0.188. The molecule has 1 aliphatic rings. The van der Waals surface area contributed by atoms with Crippen molar-refractivity contribution in [2.75, 3.05) is 13.1 Å². The van der Waals surface area contributed by atoms with Crippen LogP contribution in [0.15, 0.2) is 0 Å². The van der Waals surface area contributed by atoms with Crippen LogP contribution in [0.25, 0.3) is 0 Å². The summed E-state index contributed by atoms with van der Waals surface area (Å²) in [6, 6.07) is 0. The van der Waals surface area contributed by atoms with Gasteiger partial charge < -0.3 is 5.11 Å². The van der Waals surface area contributed by atoms with E-state index in [1.165, 1.54) is 11.3 Å². The van der Waals surface area contributed by atoms with Gasteiger partial charge in [-0.05, 0) is 31.0 Å². The Morgan fingerprint density at radius 2 is 2.43 bits per heavy atom. The van der Waals surface area contributed by atoms with E-state index >= 15 is 0 Å². The summed E-state index contributed by atoms with van der Waals surface area (Å²) in [4.78, 5) is 2.19. The zero-order valence-corrected chi connectivity index (χ0v) is 9.26. The summed E-state index contributed by atoms with van der Waals surface area (Å²) >= 11 is 7.09. The van der Waals surface area contributed by atoms with Crippen LogP contribution in [0.5, 0.6) is 0 Å². The molecule has 0 amide bonds.